The first-order valence-electron chi connectivity index (χ1n) is 11.7. The molecule has 2 aromatic heterocycles. The van der Waals surface area contributed by atoms with Gasteiger partial charge in [0.05, 0.1) is 15.8 Å². The van der Waals surface area contributed by atoms with Crippen LogP contribution in [-0.2, 0) is 11.8 Å². The minimum absolute atomic E-state index is 0.0468. The van der Waals surface area contributed by atoms with Crippen molar-refractivity contribution in [3.05, 3.63) is 57.9 Å². The van der Waals surface area contributed by atoms with Crippen molar-refractivity contribution in [3.63, 3.8) is 0 Å². The molecule has 0 saturated heterocycles. The molecule has 0 fully saturated rings. The molecule has 0 bridgehead atoms. The molecule has 3 heterocycles. The molecule has 1 aliphatic heterocycles. The smallest absolute Gasteiger partial charge is 0.346 e. The second-order valence-electron chi connectivity index (χ2n) is 9.44. The number of rotatable bonds is 5. The van der Waals surface area contributed by atoms with Gasteiger partial charge in [-0.1, -0.05) is 46.2 Å². The number of hydrogen-bond donors (Lipinski definition) is 0. The Morgan fingerprint density at radius 1 is 1.19 bits per heavy atom. The zero-order valence-electron chi connectivity index (χ0n) is 19.3. The second kappa shape index (κ2) is 8.04. The van der Waals surface area contributed by atoms with Crippen LogP contribution in [0.3, 0.4) is 0 Å². The van der Waals surface area contributed by atoms with Crippen LogP contribution in [0.5, 0.6) is 0 Å². The number of thiazole rings is 1. The summed E-state index contributed by atoms with van der Waals surface area (Å²) in [6, 6.07) is 12.2. The molecule has 2 aromatic carbocycles. The molecular formula is C27H30N2O2S. The summed E-state index contributed by atoms with van der Waals surface area (Å²) in [7, 11) is 0. The third-order valence-electron chi connectivity index (χ3n) is 6.76. The van der Waals surface area contributed by atoms with Crippen LogP contribution in [0.4, 0.5) is 5.69 Å². The molecule has 0 unspecified atom stereocenters. The van der Waals surface area contributed by atoms with Crippen molar-refractivity contribution >= 4 is 38.2 Å². The summed E-state index contributed by atoms with van der Waals surface area (Å²) >= 11 is 1.54. The van der Waals surface area contributed by atoms with Gasteiger partial charge in [-0.05, 0) is 54.5 Å². The molecule has 0 atom stereocenters. The van der Waals surface area contributed by atoms with Crippen LogP contribution in [0.2, 0.25) is 0 Å². The number of aromatic nitrogens is 1. The lowest BCUT2D eigenvalue weighted by atomic mass is 9.75. The maximum atomic E-state index is 13.2. The molecule has 1 aliphatic rings. The van der Waals surface area contributed by atoms with Gasteiger partial charge in [0, 0.05) is 29.7 Å². The summed E-state index contributed by atoms with van der Waals surface area (Å²) in [6.07, 6.45) is 4.34. The highest BCUT2D eigenvalue weighted by atomic mass is 32.1. The van der Waals surface area contributed by atoms with E-state index in [1.807, 2.05) is 30.3 Å². The number of unbranched alkanes of at least 4 members (excludes halogenated alkanes) is 1. The third kappa shape index (κ3) is 3.43. The van der Waals surface area contributed by atoms with Gasteiger partial charge in [0.1, 0.15) is 10.6 Å². The van der Waals surface area contributed by atoms with Crippen molar-refractivity contribution in [2.24, 2.45) is 0 Å². The predicted molar refractivity (Wildman–Crippen MR) is 135 cm³/mol. The lowest BCUT2D eigenvalue weighted by Crippen LogP contribution is -2.39. The minimum atomic E-state index is -0.301. The summed E-state index contributed by atoms with van der Waals surface area (Å²) in [5, 5.41) is 1.72. The number of anilines is 1. The van der Waals surface area contributed by atoms with E-state index in [0.717, 1.165) is 52.1 Å². The number of fused-ring (bicyclic) bond motifs is 4. The Bertz CT molecular complexity index is 1330. The van der Waals surface area contributed by atoms with Crippen LogP contribution in [0.15, 0.2) is 45.6 Å². The standard InChI is InChI=1S/C27H30N2O2S/c1-5-7-13-29-14-12-27(3,4)22-23(29)17(6-2)15-18-16-19(26(30)31-24(18)22)25-28-20-10-8-9-11-21(20)32-25/h8-11,15-16H,5-7,12-14H2,1-4H3. The van der Waals surface area contributed by atoms with Crippen molar-refractivity contribution in [1.29, 1.82) is 0 Å². The van der Waals surface area contributed by atoms with Crippen LogP contribution in [0.1, 0.15) is 58.1 Å². The normalized spacial score (nSPS) is 15.4. The average molecular weight is 447 g/mol. The van der Waals surface area contributed by atoms with Crippen LogP contribution < -0.4 is 10.5 Å². The van der Waals surface area contributed by atoms with Gasteiger partial charge in [0.25, 0.3) is 0 Å². The molecule has 0 amide bonds. The number of para-hydroxylation sites is 1. The van der Waals surface area contributed by atoms with E-state index in [2.05, 4.69) is 38.7 Å². The Morgan fingerprint density at radius 2 is 2.00 bits per heavy atom. The Labute approximate surface area is 192 Å². The van der Waals surface area contributed by atoms with Gasteiger partial charge in [-0.2, -0.15) is 0 Å². The molecule has 0 radical (unpaired) electrons. The van der Waals surface area contributed by atoms with Crippen molar-refractivity contribution in [2.45, 2.75) is 58.8 Å². The van der Waals surface area contributed by atoms with E-state index in [4.69, 9.17) is 9.40 Å². The fourth-order valence-corrected chi connectivity index (χ4v) is 5.90. The summed E-state index contributed by atoms with van der Waals surface area (Å²) in [6.45, 7) is 11.1. The molecule has 0 aliphatic carbocycles. The van der Waals surface area contributed by atoms with E-state index >= 15 is 0 Å². The highest BCUT2D eigenvalue weighted by molar-refractivity contribution is 7.21. The van der Waals surface area contributed by atoms with E-state index in [-0.39, 0.29) is 11.0 Å². The van der Waals surface area contributed by atoms with E-state index in [1.54, 1.807) is 11.3 Å². The molecule has 4 nitrogen and oxygen atoms in total. The Balaban J connectivity index is 1.75. The summed E-state index contributed by atoms with van der Waals surface area (Å²) in [5.74, 6) is 0. The van der Waals surface area contributed by atoms with E-state index in [0.29, 0.717) is 5.56 Å². The van der Waals surface area contributed by atoms with Crippen molar-refractivity contribution in [1.82, 2.24) is 4.98 Å². The molecule has 166 valence electrons. The average Bonchev–Trinajstić information content (AvgIpc) is 3.21. The predicted octanol–water partition coefficient (Wildman–Crippen LogP) is 6.92. The van der Waals surface area contributed by atoms with Gasteiger partial charge in [-0.25, -0.2) is 9.78 Å². The van der Waals surface area contributed by atoms with Gasteiger partial charge in [-0.15, -0.1) is 11.3 Å². The molecule has 0 N–H and O–H groups in total. The third-order valence-corrected chi connectivity index (χ3v) is 7.83. The van der Waals surface area contributed by atoms with Crippen molar-refractivity contribution in [2.75, 3.05) is 18.0 Å². The fourth-order valence-electron chi connectivity index (χ4n) is 4.93. The van der Waals surface area contributed by atoms with Crippen LogP contribution in [-0.4, -0.2) is 18.1 Å². The molecule has 5 rings (SSSR count). The molecule has 0 spiro atoms. The van der Waals surface area contributed by atoms with Crippen molar-refractivity contribution in [3.8, 4) is 10.6 Å². The number of aryl methyl sites for hydroxylation is 1. The van der Waals surface area contributed by atoms with E-state index in [1.165, 1.54) is 29.7 Å². The monoisotopic (exact) mass is 446 g/mol. The van der Waals surface area contributed by atoms with E-state index < -0.39 is 0 Å². The van der Waals surface area contributed by atoms with Gasteiger partial charge >= 0.3 is 5.63 Å². The van der Waals surface area contributed by atoms with Crippen molar-refractivity contribution < 1.29 is 4.42 Å². The first kappa shape index (κ1) is 21.2. The SMILES string of the molecule is CCCCN1CCC(C)(C)c2c1c(CC)cc1cc(-c3nc4ccccc4s3)c(=O)oc21. The number of hydrogen-bond acceptors (Lipinski definition) is 5. The highest BCUT2D eigenvalue weighted by Crippen LogP contribution is 2.46. The van der Waals surface area contributed by atoms with Crippen LogP contribution in [0, 0.1) is 0 Å². The molecule has 32 heavy (non-hydrogen) atoms. The Hall–Kier alpha value is -2.66. The molecule has 5 heteroatoms. The number of benzene rings is 2. The lowest BCUT2D eigenvalue weighted by molar-refractivity contribution is 0.442. The van der Waals surface area contributed by atoms with Gasteiger partial charge in [0.2, 0.25) is 0 Å². The molecular weight excluding hydrogens is 416 g/mol. The first-order valence-corrected chi connectivity index (χ1v) is 12.5. The summed E-state index contributed by atoms with van der Waals surface area (Å²) in [5.41, 5.74) is 5.69. The minimum Gasteiger partial charge on any atom is -0.422 e. The summed E-state index contributed by atoms with van der Waals surface area (Å²) < 4.78 is 7.19. The Morgan fingerprint density at radius 3 is 2.75 bits per heavy atom. The second-order valence-corrected chi connectivity index (χ2v) is 10.5. The molecule has 4 aromatic rings. The maximum Gasteiger partial charge on any atom is 0.346 e. The van der Waals surface area contributed by atoms with Gasteiger partial charge in [-0.3, -0.25) is 0 Å². The van der Waals surface area contributed by atoms with Gasteiger partial charge in [0.15, 0.2) is 0 Å². The molecule has 0 saturated carbocycles. The highest BCUT2D eigenvalue weighted by Gasteiger charge is 2.36. The Kier molecular flexibility index (Phi) is 5.32. The van der Waals surface area contributed by atoms with Crippen LogP contribution >= 0.6 is 11.3 Å². The zero-order chi connectivity index (χ0) is 22.5. The number of nitrogens with zero attached hydrogens (tertiary/aromatic N) is 2. The quantitative estimate of drug-likeness (QED) is 0.312. The lowest BCUT2D eigenvalue weighted by Gasteiger charge is -2.41. The first-order chi connectivity index (χ1) is 15.4. The van der Waals surface area contributed by atoms with E-state index in [9.17, 15) is 4.79 Å². The zero-order valence-corrected chi connectivity index (χ0v) is 20.1. The summed E-state index contributed by atoms with van der Waals surface area (Å²) in [4.78, 5) is 20.4. The van der Waals surface area contributed by atoms with Gasteiger partial charge < -0.3 is 9.32 Å². The maximum absolute atomic E-state index is 13.2. The van der Waals surface area contributed by atoms with Crippen LogP contribution in [0.25, 0.3) is 31.8 Å². The topological polar surface area (TPSA) is 46.3 Å². The fraction of sp³-hybridized carbons (Fsp3) is 0.407. The largest absolute Gasteiger partial charge is 0.422 e.